The molecule has 4 nitrogen and oxygen atoms in total. The third-order valence-electron chi connectivity index (χ3n) is 8.02. The zero-order valence-corrected chi connectivity index (χ0v) is 20.1. The fourth-order valence-corrected chi connectivity index (χ4v) is 6.20. The van der Waals surface area contributed by atoms with Crippen LogP contribution >= 0.6 is 0 Å². The molecule has 3 aliphatic rings. The molecule has 3 heterocycles. The third kappa shape index (κ3) is 3.03. The van der Waals surface area contributed by atoms with E-state index in [4.69, 9.17) is 9.73 Å². The summed E-state index contributed by atoms with van der Waals surface area (Å²) in [5.41, 5.74) is -0.258. The molecule has 0 bridgehead atoms. The Morgan fingerprint density at radius 1 is 0.914 bits per heavy atom. The van der Waals surface area contributed by atoms with Gasteiger partial charge in [-0.1, -0.05) is 30.3 Å². The Kier molecular flexibility index (Phi) is 4.70. The van der Waals surface area contributed by atoms with E-state index < -0.39 is 22.9 Å². The molecule has 0 aromatic heterocycles. The van der Waals surface area contributed by atoms with Crippen molar-refractivity contribution >= 4 is 34.0 Å². The fourth-order valence-electron chi connectivity index (χ4n) is 6.20. The predicted molar refractivity (Wildman–Crippen MR) is 134 cm³/mol. The van der Waals surface area contributed by atoms with E-state index in [1.165, 1.54) is 12.5 Å². The largest absolute Gasteiger partial charge is 0.459 e. The number of aliphatic imine (C=N–C) groups is 1. The average molecular weight is 480 g/mol. The van der Waals surface area contributed by atoms with Crippen LogP contribution < -0.4 is 14.5 Å². The van der Waals surface area contributed by atoms with Gasteiger partial charge in [0.05, 0.1) is 17.2 Å². The monoisotopic (exact) mass is 479 g/mol. The number of piperidine rings is 1. The summed E-state index contributed by atoms with van der Waals surface area (Å²) in [5.74, 6) is 0.605. The number of hydrogen-bond acceptors (Lipinski definition) is 4. The molecule has 182 valence electrons. The number of nitrogens with zero attached hydrogens (tertiary/aromatic N) is 3. The van der Waals surface area contributed by atoms with E-state index in [0.29, 0.717) is 11.4 Å². The van der Waals surface area contributed by atoms with Gasteiger partial charge in [-0.15, -0.1) is 0 Å². The minimum absolute atomic E-state index is 0.238. The van der Waals surface area contributed by atoms with Gasteiger partial charge in [-0.05, 0) is 50.8 Å². The Morgan fingerprint density at radius 3 is 2.34 bits per heavy atom. The van der Waals surface area contributed by atoms with Gasteiger partial charge in [0.1, 0.15) is 5.69 Å². The Morgan fingerprint density at radius 2 is 1.63 bits per heavy atom. The predicted octanol–water partition coefficient (Wildman–Crippen LogP) is 7.07. The molecule has 6 rings (SSSR count). The van der Waals surface area contributed by atoms with Gasteiger partial charge in [0, 0.05) is 48.4 Å². The van der Waals surface area contributed by atoms with Crippen molar-refractivity contribution in [3.8, 4) is 5.75 Å². The number of hydrogen-bond donors (Lipinski definition) is 0. The highest BCUT2D eigenvalue weighted by Crippen LogP contribution is 2.57. The summed E-state index contributed by atoms with van der Waals surface area (Å²) in [5, 5.41) is 2.11. The van der Waals surface area contributed by atoms with Crippen molar-refractivity contribution < 1.29 is 17.9 Å². The molecule has 1 fully saturated rings. The summed E-state index contributed by atoms with van der Waals surface area (Å²) in [6, 6.07) is 14.6. The van der Waals surface area contributed by atoms with Crippen molar-refractivity contribution in [2.45, 2.75) is 50.4 Å². The molecule has 0 N–H and O–H groups in total. The standard InChI is InChI=1S/C28H28F3N3O/c1-26(2)24-20(28(29,30)31)12-9-13-21(24)33(3)27(26)17-32-25-19-11-6-5-10-18(19)22(16-23(25)35-27)34-14-7-4-8-15-34/h5-6,9-13,16-17H,4,7-8,14-15H2,1-3H3. The quantitative estimate of drug-likeness (QED) is 0.374. The third-order valence-corrected chi connectivity index (χ3v) is 8.02. The molecule has 3 aliphatic heterocycles. The Labute approximate surface area is 203 Å². The summed E-state index contributed by atoms with van der Waals surface area (Å²) in [4.78, 5) is 9.07. The van der Waals surface area contributed by atoms with E-state index in [-0.39, 0.29) is 5.56 Å². The molecule has 1 saturated heterocycles. The van der Waals surface area contributed by atoms with Crippen molar-refractivity contribution in [3.05, 3.63) is 59.7 Å². The molecular weight excluding hydrogens is 451 g/mol. The molecular formula is C28H28F3N3O. The lowest BCUT2D eigenvalue weighted by Gasteiger charge is -2.45. The number of anilines is 2. The molecule has 1 unspecified atom stereocenters. The Balaban J connectivity index is 1.53. The van der Waals surface area contributed by atoms with Gasteiger partial charge < -0.3 is 14.5 Å². The fraction of sp³-hybridized carbons (Fsp3) is 0.393. The van der Waals surface area contributed by atoms with Crippen LogP contribution in [0.2, 0.25) is 0 Å². The molecule has 35 heavy (non-hydrogen) atoms. The summed E-state index contributed by atoms with van der Waals surface area (Å²) in [6.45, 7) is 5.58. The van der Waals surface area contributed by atoms with E-state index >= 15 is 0 Å². The van der Waals surface area contributed by atoms with Crippen LogP contribution in [0.3, 0.4) is 0 Å². The summed E-state index contributed by atoms with van der Waals surface area (Å²) in [7, 11) is 1.79. The van der Waals surface area contributed by atoms with Crippen molar-refractivity contribution in [3.63, 3.8) is 0 Å². The molecule has 0 aliphatic carbocycles. The maximum Gasteiger partial charge on any atom is 0.416 e. The highest BCUT2D eigenvalue weighted by Gasteiger charge is 2.61. The first-order valence-corrected chi connectivity index (χ1v) is 12.1. The van der Waals surface area contributed by atoms with Crippen molar-refractivity contribution in [2.24, 2.45) is 4.99 Å². The molecule has 1 atom stereocenters. The van der Waals surface area contributed by atoms with Crippen LogP contribution in [0.4, 0.5) is 30.2 Å². The summed E-state index contributed by atoms with van der Waals surface area (Å²) < 4.78 is 48.9. The van der Waals surface area contributed by atoms with Crippen molar-refractivity contribution in [1.82, 2.24) is 0 Å². The second-order valence-corrected chi connectivity index (χ2v) is 10.3. The Bertz CT molecular complexity index is 1360. The molecule has 3 aromatic carbocycles. The van der Waals surface area contributed by atoms with E-state index in [1.54, 1.807) is 24.2 Å². The number of ether oxygens (including phenoxy) is 1. The SMILES string of the molecule is CN1c2cccc(C(F)(F)F)c2C(C)(C)C12C=Nc1c(cc(N3CCCCC3)c3ccccc13)O2. The number of rotatable bonds is 1. The maximum absolute atomic E-state index is 14.0. The van der Waals surface area contributed by atoms with Gasteiger partial charge in [-0.3, -0.25) is 4.99 Å². The molecule has 3 aromatic rings. The topological polar surface area (TPSA) is 28.1 Å². The van der Waals surface area contributed by atoms with Crippen LogP contribution in [-0.2, 0) is 11.6 Å². The summed E-state index contributed by atoms with van der Waals surface area (Å²) >= 11 is 0. The van der Waals surface area contributed by atoms with Crippen LogP contribution in [0.5, 0.6) is 5.75 Å². The smallest absolute Gasteiger partial charge is 0.416 e. The molecule has 0 amide bonds. The zero-order chi connectivity index (χ0) is 24.6. The number of benzene rings is 3. The van der Waals surface area contributed by atoms with Crippen molar-refractivity contribution in [2.75, 3.05) is 29.9 Å². The van der Waals surface area contributed by atoms with Gasteiger partial charge in [-0.25, -0.2) is 0 Å². The van der Waals surface area contributed by atoms with Crippen LogP contribution in [-0.4, -0.2) is 32.1 Å². The van der Waals surface area contributed by atoms with E-state index in [2.05, 4.69) is 11.0 Å². The normalized spacial score (nSPS) is 22.9. The Hall–Kier alpha value is -3.22. The van der Waals surface area contributed by atoms with Crippen molar-refractivity contribution in [1.29, 1.82) is 0 Å². The minimum atomic E-state index is -4.46. The van der Waals surface area contributed by atoms with Gasteiger partial charge in [0.2, 0.25) is 5.72 Å². The molecule has 7 heteroatoms. The minimum Gasteiger partial charge on any atom is -0.459 e. The number of likely N-dealkylation sites (N-methyl/N-ethyl adjacent to an activating group) is 1. The first-order valence-electron chi connectivity index (χ1n) is 12.1. The van der Waals surface area contributed by atoms with Crippen LogP contribution in [0.15, 0.2) is 53.5 Å². The van der Waals surface area contributed by atoms with Gasteiger partial charge >= 0.3 is 6.18 Å². The molecule has 0 saturated carbocycles. The zero-order valence-electron chi connectivity index (χ0n) is 20.1. The summed E-state index contributed by atoms with van der Waals surface area (Å²) in [6.07, 6.45) is 0.736. The van der Waals surface area contributed by atoms with E-state index in [9.17, 15) is 13.2 Å². The first kappa shape index (κ1) is 22.3. The van der Waals surface area contributed by atoms with Crippen LogP contribution in [0, 0.1) is 0 Å². The number of fused-ring (bicyclic) bond motifs is 4. The second-order valence-electron chi connectivity index (χ2n) is 10.3. The lowest BCUT2D eigenvalue weighted by molar-refractivity contribution is -0.138. The highest BCUT2D eigenvalue weighted by atomic mass is 19.4. The lowest BCUT2D eigenvalue weighted by atomic mass is 9.75. The first-order chi connectivity index (χ1) is 16.6. The molecule has 1 spiro atoms. The van der Waals surface area contributed by atoms with Gasteiger partial charge in [0.25, 0.3) is 0 Å². The maximum atomic E-state index is 14.0. The van der Waals surface area contributed by atoms with Crippen LogP contribution in [0.1, 0.15) is 44.2 Å². The van der Waals surface area contributed by atoms with Crippen LogP contribution in [0.25, 0.3) is 10.8 Å². The van der Waals surface area contributed by atoms with E-state index in [1.807, 2.05) is 38.1 Å². The van der Waals surface area contributed by atoms with Gasteiger partial charge in [-0.2, -0.15) is 13.2 Å². The number of alkyl halides is 3. The lowest BCUT2D eigenvalue weighted by Crippen LogP contribution is -2.61. The van der Waals surface area contributed by atoms with Gasteiger partial charge in [0.15, 0.2) is 5.75 Å². The average Bonchev–Trinajstić information content (AvgIpc) is 3.01. The van der Waals surface area contributed by atoms with E-state index in [0.717, 1.165) is 54.1 Å². The second kappa shape index (κ2) is 7.39. The highest BCUT2D eigenvalue weighted by molar-refractivity contribution is 6.06. The molecule has 0 radical (unpaired) electrons. The number of halogens is 3.